The van der Waals surface area contributed by atoms with E-state index >= 15 is 0 Å². The van der Waals surface area contributed by atoms with Gasteiger partial charge in [-0.2, -0.15) is 0 Å². The summed E-state index contributed by atoms with van der Waals surface area (Å²) in [6.07, 6.45) is 2.66. The minimum atomic E-state index is -0.608. The fourth-order valence-electron chi connectivity index (χ4n) is 1.44. The lowest BCUT2D eigenvalue weighted by molar-refractivity contribution is 0.133. The molecule has 0 saturated heterocycles. The molecule has 5 nitrogen and oxygen atoms in total. The quantitative estimate of drug-likeness (QED) is 0.858. The molecule has 0 fully saturated rings. The molecule has 5 heteroatoms. The summed E-state index contributed by atoms with van der Waals surface area (Å²) >= 11 is 0. The van der Waals surface area contributed by atoms with Crippen molar-refractivity contribution in [1.29, 1.82) is 0 Å². The molecular formula is C13H23N3O2. The van der Waals surface area contributed by atoms with E-state index in [1.807, 2.05) is 34.6 Å². The molecule has 0 aliphatic carbocycles. The van der Waals surface area contributed by atoms with Crippen LogP contribution in [-0.4, -0.2) is 26.3 Å². The summed E-state index contributed by atoms with van der Waals surface area (Å²) in [5.74, 6) is 0.262. The highest BCUT2D eigenvalue weighted by Gasteiger charge is 2.26. The molecule has 0 aliphatic heterocycles. The van der Waals surface area contributed by atoms with Crippen LogP contribution in [0.15, 0.2) is 17.2 Å². The van der Waals surface area contributed by atoms with Gasteiger partial charge < -0.3 is 15.0 Å². The Morgan fingerprint density at radius 2 is 1.89 bits per heavy atom. The van der Waals surface area contributed by atoms with Gasteiger partial charge in [-0.25, -0.2) is 4.98 Å². The summed E-state index contributed by atoms with van der Waals surface area (Å²) in [6.45, 7) is 11.2. The summed E-state index contributed by atoms with van der Waals surface area (Å²) < 4.78 is 1.63. The third-order valence-electron chi connectivity index (χ3n) is 3.05. The Bertz CT molecular complexity index is 470. The van der Waals surface area contributed by atoms with E-state index in [-0.39, 0.29) is 16.9 Å². The summed E-state index contributed by atoms with van der Waals surface area (Å²) in [4.78, 5) is 16.3. The molecule has 1 atom stereocenters. The van der Waals surface area contributed by atoms with Gasteiger partial charge in [0.25, 0.3) is 5.56 Å². The molecule has 1 aromatic rings. The Morgan fingerprint density at radius 1 is 1.33 bits per heavy atom. The van der Waals surface area contributed by atoms with Gasteiger partial charge in [-0.05, 0) is 41.5 Å². The van der Waals surface area contributed by atoms with Crippen molar-refractivity contribution < 1.29 is 5.11 Å². The van der Waals surface area contributed by atoms with Crippen molar-refractivity contribution in [2.45, 2.75) is 58.7 Å². The first-order chi connectivity index (χ1) is 8.05. The lowest BCUT2D eigenvalue weighted by Crippen LogP contribution is -2.45. The normalized spacial score (nSPS) is 14.4. The number of anilines is 1. The van der Waals surface area contributed by atoms with Gasteiger partial charge in [-0.15, -0.1) is 0 Å². The number of nitrogens with zero attached hydrogens (tertiary/aromatic N) is 2. The van der Waals surface area contributed by atoms with E-state index < -0.39 is 11.6 Å². The average molecular weight is 253 g/mol. The van der Waals surface area contributed by atoms with Crippen molar-refractivity contribution in [1.82, 2.24) is 9.55 Å². The molecule has 1 aromatic heterocycles. The van der Waals surface area contributed by atoms with Gasteiger partial charge >= 0.3 is 0 Å². The number of rotatable bonds is 3. The van der Waals surface area contributed by atoms with Crippen molar-refractivity contribution in [3.8, 4) is 0 Å². The molecule has 0 radical (unpaired) electrons. The second-order valence-corrected chi connectivity index (χ2v) is 6.14. The third-order valence-corrected chi connectivity index (χ3v) is 3.05. The largest absolute Gasteiger partial charge is 0.391 e. The van der Waals surface area contributed by atoms with Crippen LogP contribution in [0.2, 0.25) is 0 Å². The monoisotopic (exact) mass is 253 g/mol. The maximum atomic E-state index is 12.3. The summed E-state index contributed by atoms with van der Waals surface area (Å²) in [7, 11) is 0. The zero-order valence-corrected chi connectivity index (χ0v) is 12.0. The summed E-state index contributed by atoms with van der Waals surface area (Å²) in [5.41, 5.74) is -1.09. The highest BCUT2D eigenvalue weighted by molar-refractivity contribution is 5.35. The number of hydrogen-bond donors (Lipinski definition) is 2. The first-order valence-corrected chi connectivity index (χ1v) is 6.10. The van der Waals surface area contributed by atoms with Gasteiger partial charge in [-0.1, -0.05) is 0 Å². The summed E-state index contributed by atoms with van der Waals surface area (Å²) in [6, 6.07) is 0. The van der Waals surface area contributed by atoms with Gasteiger partial charge in [-0.3, -0.25) is 4.79 Å². The van der Waals surface area contributed by atoms with E-state index in [9.17, 15) is 9.90 Å². The first kappa shape index (κ1) is 14.7. The molecule has 2 N–H and O–H groups in total. The molecule has 102 valence electrons. The van der Waals surface area contributed by atoms with Crippen LogP contribution in [0.1, 0.15) is 41.5 Å². The zero-order valence-electron chi connectivity index (χ0n) is 12.0. The second-order valence-electron chi connectivity index (χ2n) is 6.14. The molecule has 18 heavy (non-hydrogen) atoms. The minimum absolute atomic E-state index is 0.182. The summed E-state index contributed by atoms with van der Waals surface area (Å²) in [5, 5.41) is 12.7. The molecular weight excluding hydrogens is 230 g/mol. The fourth-order valence-corrected chi connectivity index (χ4v) is 1.44. The fraction of sp³-hybridized carbons (Fsp3) is 0.692. The van der Waals surface area contributed by atoms with Crippen LogP contribution in [0.3, 0.4) is 0 Å². The topological polar surface area (TPSA) is 67.2 Å². The molecule has 0 spiro atoms. The highest BCUT2D eigenvalue weighted by Crippen LogP contribution is 2.15. The number of aromatic nitrogens is 2. The predicted molar refractivity (Wildman–Crippen MR) is 72.9 cm³/mol. The average Bonchev–Trinajstić information content (AvgIpc) is 2.18. The number of aliphatic hydroxyl groups is 1. The Kier molecular flexibility index (Phi) is 3.86. The molecule has 1 rings (SSSR count). The van der Waals surface area contributed by atoms with E-state index in [0.717, 1.165) is 0 Å². The molecule has 0 amide bonds. The Morgan fingerprint density at radius 3 is 2.33 bits per heavy atom. The van der Waals surface area contributed by atoms with Crippen molar-refractivity contribution in [3.63, 3.8) is 0 Å². The molecule has 1 heterocycles. The Labute approximate surface area is 108 Å². The van der Waals surface area contributed by atoms with E-state index in [1.165, 1.54) is 0 Å². The Hall–Kier alpha value is -1.36. The van der Waals surface area contributed by atoms with Crippen LogP contribution in [-0.2, 0) is 5.54 Å². The van der Waals surface area contributed by atoms with Crippen LogP contribution < -0.4 is 10.9 Å². The highest BCUT2D eigenvalue weighted by atomic mass is 16.3. The lowest BCUT2D eigenvalue weighted by Gasteiger charge is -2.30. The van der Waals surface area contributed by atoms with Crippen molar-refractivity contribution >= 4 is 5.82 Å². The third kappa shape index (κ3) is 3.10. The van der Waals surface area contributed by atoms with Gasteiger partial charge in [0.05, 0.1) is 11.6 Å². The zero-order chi connectivity index (χ0) is 14.1. The van der Waals surface area contributed by atoms with Crippen molar-refractivity contribution in [2.75, 3.05) is 5.32 Å². The number of aliphatic hydroxyl groups excluding tert-OH is 1. The van der Waals surface area contributed by atoms with Crippen LogP contribution >= 0.6 is 0 Å². The van der Waals surface area contributed by atoms with E-state index in [1.54, 1.807) is 23.9 Å². The molecule has 1 unspecified atom stereocenters. The van der Waals surface area contributed by atoms with Crippen LogP contribution in [0.5, 0.6) is 0 Å². The van der Waals surface area contributed by atoms with Crippen LogP contribution in [0.4, 0.5) is 5.82 Å². The van der Waals surface area contributed by atoms with Gasteiger partial charge in [0, 0.05) is 17.9 Å². The van der Waals surface area contributed by atoms with Crippen LogP contribution in [0.25, 0.3) is 0 Å². The lowest BCUT2D eigenvalue weighted by atomic mass is 9.99. The number of hydrogen-bond acceptors (Lipinski definition) is 4. The van der Waals surface area contributed by atoms with E-state index in [0.29, 0.717) is 0 Å². The minimum Gasteiger partial charge on any atom is -0.391 e. The second kappa shape index (κ2) is 4.72. The SMILES string of the molecule is CC(O)C(C)(C)Nc1nccn(C(C)(C)C)c1=O. The maximum Gasteiger partial charge on any atom is 0.293 e. The molecule has 0 aliphatic rings. The molecule has 0 aromatic carbocycles. The van der Waals surface area contributed by atoms with Gasteiger partial charge in [0.2, 0.25) is 0 Å². The Balaban J connectivity index is 3.18. The molecule has 0 saturated carbocycles. The first-order valence-electron chi connectivity index (χ1n) is 6.10. The van der Waals surface area contributed by atoms with Crippen LogP contribution in [0, 0.1) is 0 Å². The van der Waals surface area contributed by atoms with E-state index in [4.69, 9.17) is 0 Å². The maximum absolute atomic E-state index is 12.3. The molecule has 0 bridgehead atoms. The predicted octanol–water partition coefficient (Wildman–Crippen LogP) is 1.57. The van der Waals surface area contributed by atoms with Crippen molar-refractivity contribution in [2.24, 2.45) is 0 Å². The van der Waals surface area contributed by atoms with Gasteiger partial charge in [0.15, 0.2) is 5.82 Å². The smallest absolute Gasteiger partial charge is 0.293 e. The number of nitrogens with one attached hydrogen (secondary N) is 1. The van der Waals surface area contributed by atoms with E-state index in [2.05, 4.69) is 10.3 Å². The van der Waals surface area contributed by atoms with Gasteiger partial charge in [0.1, 0.15) is 0 Å². The van der Waals surface area contributed by atoms with Crippen molar-refractivity contribution in [3.05, 3.63) is 22.7 Å². The standard InChI is InChI=1S/C13H23N3O2/c1-9(17)13(5,6)15-10-11(18)16(8-7-14-10)12(2,3)4/h7-9,17H,1-6H3,(H,14,15).